The third kappa shape index (κ3) is 4.45. The van der Waals surface area contributed by atoms with Gasteiger partial charge in [-0.3, -0.25) is 0 Å². The Bertz CT molecular complexity index is 610. The molecule has 2 aromatic rings. The number of guanidine groups is 1. The molecule has 0 aliphatic rings. The Balaban J connectivity index is 1.96. The van der Waals surface area contributed by atoms with Gasteiger partial charge in [-0.25, -0.2) is 9.98 Å². The molecule has 0 atom stereocenters. The van der Waals surface area contributed by atoms with Crippen LogP contribution in [0.1, 0.15) is 18.2 Å². The lowest BCUT2D eigenvalue weighted by Crippen LogP contribution is -2.22. The molecule has 0 fully saturated rings. The molecule has 2 rings (SSSR count). The Kier molecular flexibility index (Phi) is 5.09. The van der Waals surface area contributed by atoms with Crippen molar-refractivity contribution < 1.29 is 4.74 Å². The fourth-order valence-electron chi connectivity index (χ4n) is 1.74. The number of anilines is 1. The predicted octanol–water partition coefficient (Wildman–Crippen LogP) is 1.97. The maximum atomic E-state index is 5.86. The van der Waals surface area contributed by atoms with Crippen LogP contribution >= 0.6 is 0 Å². The molecule has 0 bridgehead atoms. The molecule has 0 radical (unpaired) electrons. The Hall–Kier alpha value is -2.63. The van der Waals surface area contributed by atoms with Crippen LogP contribution in [0, 0.1) is 0 Å². The van der Waals surface area contributed by atoms with Gasteiger partial charge in [0.1, 0.15) is 0 Å². The molecule has 0 amide bonds. The van der Waals surface area contributed by atoms with Crippen LogP contribution in [-0.2, 0) is 13.0 Å². The lowest BCUT2D eigenvalue weighted by molar-refractivity contribution is 0.378. The van der Waals surface area contributed by atoms with Gasteiger partial charge in [-0.1, -0.05) is 19.1 Å². The smallest absolute Gasteiger partial charge is 0.316 e. The summed E-state index contributed by atoms with van der Waals surface area (Å²) in [6, 6.07) is 10.2. The summed E-state index contributed by atoms with van der Waals surface area (Å²) in [5.74, 6) is 0.344. The van der Waals surface area contributed by atoms with Crippen molar-refractivity contribution in [3.8, 4) is 6.01 Å². The maximum absolute atomic E-state index is 5.86. The molecule has 1 aromatic heterocycles. The first-order chi connectivity index (χ1) is 10.2. The molecule has 1 heterocycles. The Morgan fingerprint density at radius 2 is 2.05 bits per heavy atom. The predicted molar refractivity (Wildman–Crippen MR) is 83.4 cm³/mol. The molecule has 0 spiro atoms. The molecule has 0 unspecified atom stereocenters. The summed E-state index contributed by atoms with van der Waals surface area (Å²) in [5, 5.41) is 3.05. The van der Waals surface area contributed by atoms with E-state index in [0.717, 1.165) is 17.8 Å². The standard InChI is InChI=1S/C15H19N5O/c1-3-11-4-6-12(7-5-11)19-14(16)18-10-13-8-9-17-15(20-13)21-2/h4-9H,3,10H2,1-2H3,(H3,16,18,19). The van der Waals surface area contributed by atoms with Gasteiger partial charge >= 0.3 is 6.01 Å². The lowest BCUT2D eigenvalue weighted by atomic mass is 10.1. The average molecular weight is 285 g/mol. The van der Waals surface area contributed by atoms with Crippen LogP contribution in [0.4, 0.5) is 5.69 Å². The first-order valence-corrected chi connectivity index (χ1v) is 6.73. The van der Waals surface area contributed by atoms with Crippen molar-refractivity contribution in [1.29, 1.82) is 0 Å². The fraction of sp³-hybridized carbons (Fsp3) is 0.267. The summed E-state index contributed by atoms with van der Waals surface area (Å²) in [4.78, 5) is 12.4. The number of rotatable bonds is 5. The van der Waals surface area contributed by atoms with Gasteiger partial charge in [0, 0.05) is 11.9 Å². The largest absolute Gasteiger partial charge is 0.467 e. The van der Waals surface area contributed by atoms with E-state index in [-0.39, 0.29) is 0 Å². The molecule has 3 N–H and O–H groups in total. The minimum Gasteiger partial charge on any atom is -0.467 e. The van der Waals surface area contributed by atoms with E-state index >= 15 is 0 Å². The highest BCUT2D eigenvalue weighted by molar-refractivity contribution is 5.92. The van der Waals surface area contributed by atoms with Gasteiger partial charge in [-0.05, 0) is 30.2 Å². The van der Waals surface area contributed by atoms with Crippen molar-refractivity contribution in [2.45, 2.75) is 19.9 Å². The summed E-state index contributed by atoms with van der Waals surface area (Å²) in [6.07, 6.45) is 2.64. The zero-order valence-corrected chi connectivity index (χ0v) is 12.2. The zero-order chi connectivity index (χ0) is 15.1. The van der Waals surface area contributed by atoms with E-state index in [1.54, 1.807) is 12.3 Å². The van der Waals surface area contributed by atoms with Gasteiger partial charge in [0.05, 0.1) is 19.3 Å². The second-order valence-corrected chi connectivity index (χ2v) is 4.41. The number of ether oxygens (including phenoxy) is 1. The average Bonchev–Trinajstić information content (AvgIpc) is 2.54. The molecular weight excluding hydrogens is 266 g/mol. The van der Waals surface area contributed by atoms with Crippen LogP contribution in [0.15, 0.2) is 41.5 Å². The van der Waals surface area contributed by atoms with Crippen molar-refractivity contribution >= 4 is 11.6 Å². The molecule has 1 aromatic carbocycles. The minimum absolute atomic E-state index is 0.324. The first kappa shape index (κ1) is 14.8. The van der Waals surface area contributed by atoms with E-state index in [0.29, 0.717) is 18.5 Å². The number of benzene rings is 1. The normalized spacial score (nSPS) is 11.2. The van der Waals surface area contributed by atoms with Gasteiger partial charge in [0.15, 0.2) is 5.96 Å². The van der Waals surface area contributed by atoms with Crippen LogP contribution in [0.2, 0.25) is 0 Å². The second-order valence-electron chi connectivity index (χ2n) is 4.41. The molecular formula is C15H19N5O. The number of methoxy groups -OCH3 is 1. The number of aromatic nitrogens is 2. The summed E-state index contributed by atoms with van der Waals surface area (Å²) in [7, 11) is 1.53. The highest BCUT2D eigenvalue weighted by Gasteiger charge is 1.99. The monoisotopic (exact) mass is 285 g/mol. The molecule has 6 nitrogen and oxygen atoms in total. The number of aliphatic imine (C=N–C) groups is 1. The van der Waals surface area contributed by atoms with E-state index < -0.39 is 0 Å². The number of hydrogen-bond donors (Lipinski definition) is 2. The van der Waals surface area contributed by atoms with Gasteiger partial charge < -0.3 is 15.8 Å². The van der Waals surface area contributed by atoms with Crippen molar-refractivity contribution in [3.63, 3.8) is 0 Å². The van der Waals surface area contributed by atoms with Crippen LogP contribution in [-0.4, -0.2) is 23.0 Å². The Morgan fingerprint density at radius 1 is 1.29 bits per heavy atom. The summed E-state index contributed by atoms with van der Waals surface area (Å²) in [5.41, 5.74) is 8.79. The van der Waals surface area contributed by atoms with Crippen LogP contribution in [0.25, 0.3) is 0 Å². The minimum atomic E-state index is 0.324. The van der Waals surface area contributed by atoms with Gasteiger partial charge in [0.25, 0.3) is 0 Å². The van der Waals surface area contributed by atoms with Crippen LogP contribution in [0.3, 0.4) is 0 Å². The molecule has 110 valence electrons. The maximum Gasteiger partial charge on any atom is 0.316 e. The number of nitrogens with zero attached hydrogens (tertiary/aromatic N) is 3. The van der Waals surface area contributed by atoms with Gasteiger partial charge in [-0.2, -0.15) is 4.98 Å². The van der Waals surface area contributed by atoms with Crippen molar-refractivity contribution in [2.75, 3.05) is 12.4 Å². The second kappa shape index (κ2) is 7.23. The van der Waals surface area contributed by atoms with Crippen LogP contribution in [0.5, 0.6) is 6.01 Å². The lowest BCUT2D eigenvalue weighted by Gasteiger charge is -2.06. The third-order valence-electron chi connectivity index (χ3n) is 2.92. The third-order valence-corrected chi connectivity index (χ3v) is 2.92. The van der Waals surface area contributed by atoms with Crippen molar-refractivity contribution in [1.82, 2.24) is 9.97 Å². The van der Waals surface area contributed by atoms with E-state index in [9.17, 15) is 0 Å². The van der Waals surface area contributed by atoms with Gasteiger partial charge in [0.2, 0.25) is 0 Å². The highest BCUT2D eigenvalue weighted by atomic mass is 16.5. The van der Waals surface area contributed by atoms with Crippen LogP contribution < -0.4 is 15.8 Å². The summed E-state index contributed by atoms with van der Waals surface area (Å²) < 4.78 is 4.96. The Labute approximate surface area is 124 Å². The number of nitrogens with two attached hydrogens (primary N) is 1. The fourth-order valence-corrected chi connectivity index (χ4v) is 1.74. The van der Waals surface area contributed by atoms with E-state index in [4.69, 9.17) is 10.5 Å². The molecule has 6 heteroatoms. The van der Waals surface area contributed by atoms with E-state index in [2.05, 4.69) is 39.3 Å². The SMILES string of the molecule is CCc1ccc(NC(N)=NCc2ccnc(OC)n2)cc1. The summed E-state index contributed by atoms with van der Waals surface area (Å²) in [6.45, 7) is 2.49. The quantitative estimate of drug-likeness (QED) is 0.648. The molecule has 0 aliphatic heterocycles. The molecule has 21 heavy (non-hydrogen) atoms. The summed E-state index contributed by atoms with van der Waals surface area (Å²) >= 11 is 0. The van der Waals surface area contributed by atoms with Crippen molar-refractivity contribution in [3.05, 3.63) is 47.8 Å². The van der Waals surface area contributed by atoms with Gasteiger partial charge in [-0.15, -0.1) is 0 Å². The molecule has 0 saturated carbocycles. The molecule has 0 saturated heterocycles. The number of aryl methyl sites for hydroxylation is 1. The highest BCUT2D eigenvalue weighted by Crippen LogP contribution is 2.09. The van der Waals surface area contributed by atoms with Crippen molar-refractivity contribution in [2.24, 2.45) is 10.7 Å². The number of nitrogens with one attached hydrogen (secondary N) is 1. The topological polar surface area (TPSA) is 85.4 Å². The van der Waals surface area contributed by atoms with E-state index in [1.165, 1.54) is 12.7 Å². The number of hydrogen-bond acceptors (Lipinski definition) is 4. The molecule has 0 aliphatic carbocycles. The zero-order valence-electron chi connectivity index (χ0n) is 12.2. The first-order valence-electron chi connectivity index (χ1n) is 6.73. The Morgan fingerprint density at radius 3 is 2.71 bits per heavy atom. The van der Waals surface area contributed by atoms with E-state index in [1.807, 2.05) is 12.1 Å².